The first-order valence-electron chi connectivity index (χ1n) is 5.82. The first-order chi connectivity index (χ1) is 8.58. The van der Waals surface area contributed by atoms with E-state index in [9.17, 15) is 0 Å². The van der Waals surface area contributed by atoms with Gasteiger partial charge in [-0.15, -0.1) is 0 Å². The van der Waals surface area contributed by atoms with Crippen LogP contribution in [0.25, 0.3) is 0 Å². The Morgan fingerprint density at radius 3 is 2.50 bits per heavy atom. The van der Waals surface area contributed by atoms with Crippen LogP contribution in [0.3, 0.4) is 0 Å². The summed E-state index contributed by atoms with van der Waals surface area (Å²) in [6, 6.07) is 8.30. The highest BCUT2D eigenvalue weighted by Crippen LogP contribution is 2.22. The van der Waals surface area contributed by atoms with E-state index >= 15 is 0 Å². The van der Waals surface area contributed by atoms with Crippen molar-refractivity contribution in [3.63, 3.8) is 0 Å². The van der Waals surface area contributed by atoms with E-state index < -0.39 is 0 Å². The molecule has 3 nitrogen and oxygen atoms in total. The average molecular weight is 259 g/mol. The van der Waals surface area contributed by atoms with E-state index in [4.69, 9.17) is 0 Å². The van der Waals surface area contributed by atoms with Crippen LogP contribution < -0.4 is 5.32 Å². The molecule has 0 fully saturated rings. The molecule has 0 saturated heterocycles. The molecule has 1 aromatic carbocycles. The highest BCUT2D eigenvalue weighted by molar-refractivity contribution is 7.98. The van der Waals surface area contributed by atoms with E-state index in [1.807, 2.05) is 19.2 Å². The second-order valence-corrected chi connectivity index (χ2v) is 5.10. The van der Waals surface area contributed by atoms with E-state index in [0.29, 0.717) is 0 Å². The van der Waals surface area contributed by atoms with Gasteiger partial charge in [-0.3, -0.25) is 0 Å². The highest BCUT2D eigenvalue weighted by Gasteiger charge is 2.03. The molecule has 18 heavy (non-hydrogen) atoms. The highest BCUT2D eigenvalue weighted by atomic mass is 32.2. The zero-order valence-corrected chi connectivity index (χ0v) is 11.9. The zero-order chi connectivity index (χ0) is 13.1. The Bertz CT molecular complexity index is 567. The summed E-state index contributed by atoms with van der Waals surface area (Å²) in [7, 11) is 0. The molecule has 2 aromatic rings. The monoisotopic (exact) mass is 259 g/mol. The molecule has 0 unspecified atom stereocenters. The third-order valence-corrected chi connectivity index (χ3v) is 3.21. The molecule has 0 aliphatic heterocycles. The molecule has 94 valence electrons. The molecular formula is C14H17N3S. The number of hydrogen-bond acceptors (Lipinski definition) is 4. The predicted octanol–water partition coefficient (Wildman–Crippen LogP) is 3.87. The van der Waals surface area contributed by atoms with Gasteiger partial charge in [0.2, 0.25) is 0 Å². The van der Waals surface area contributed by atoms with E-state index in [1.54, 1.807) is 11.8 Å². The lowest BCUT2D eigenvalue weighted by Gasteiger charge is -2.10. The molecule has 0 spiro atoms. The van der Waals surface area contributed by atoms with Crippen LogP contribution in [0.4, 0.5) is 11.5 Å². The number of hydrogen-bond donors (Lipinski definition) is 1. The standard InChI is InChI=1S/C14H17N3S/c1-9-5-6-12(10(2)7-9)16-13-8-11(3)15-14(17-13)18-4/h5-8H,1-4H3,(H,15,16,17). The van der Waals surface area contributed by atoms with Gasteiger partial charge >= 0.3 is 0 Å². The fourth-order valence-corrected chi connectivity index (χ4v) is 2.21. The second kappa shape index (κ2) is 5.40. The van der Waals surface area contributed by atoms with Crippen LogP contribution in [0.2, 0.25) is 0 Å². The summed E-state index contributed by atoms with van der Waals surface area (Å²) < 4.78 is 0. The molecule has 0 aliphatic carbocycles. The molecule has 0 amide bonds. The molecule has 1 aromatic heterocycles. The minimum atomic E-state index is 0.794. The average Bonchev–Trinajstić information content (AvgIpc) is 2.32. The molecule has 1 heterocycles. The Morgan fingerprint density at radius 2 is 1.83 bits per heavy atom. The number of benzene rings is 1. The van der Waals surface area contributed by atoms with Crippen molar-refractivity contribution in [2.24, 2.45) is 0 Å². The lowest BCUT2D eigenvalue weighted by molar-refractivity contribution is 0.940. The SMILES string of the molecule is CSc1nc(C)cc(Nc2ccc(C)cc2C)n1. The Labute approximate surface area is 112 Å². The third kappa shape index (κ3) is 3.01. The van der Waals surface area contributed by atoms with Crippen LogP contribution in [-0.2, 0) is 0 Å². The Hall–Kier alpha value is -1.55. The van der Waals surface area contributed by atoms with Gasteiger partial charge in [-0.05, 0) is 38.7 Å². The van der Waals surface area contributed by atoms with Crippen LogP contribution >= 0.6 is 11.8 Å². The van der Waals surface area contributed by atoms with Gasteiger partial charge in [0.1, 0.15) is 5.82 Å². The van der Waals surface area contributed by atoms with Gasteiger partial charge in [-0.1, -0.05) is 29.5 Å². The van der Waals surface area contributed by atoms with E-state index in [0.717, 1.165) is 22.4 Å². The van der Waals surface area contributed by atoms with Gasteiger partial charge in [-0.2, -0.15) is 0 Å². The lowest BCUT2D eigenvalue weighted by atomic mass is 10.1. The van der Waals surface area contributed by atoms with Crippen LogP contribution in [0.5, 0.6) is 0 Å². The Kier molecular flexibility index (Phi) is 3.87. The summed E-state index contributed by atoms with van der Waals surface area (Å²) in [6.45, 7) is 6.17. The van der Waals surface area contributed by atoms with Crippen molar-refractivity contribution < 1.29 is 0 Å². The molecule has 0 saturated carbocycles. The quantitative estimate of drug-likeness (QED) is 0.671. The number of nitrogens with zero attached hydrogens (tertiary/aromatic N) is 2. The number of anilines is 2. The number of aromatic nitrogens is 2. The van der Waals surface area contributed by atoms with Crippen molar-refractivity contribution >= 4 is 23.3 Å². The summed E-state index contributed by atoms with van der Waals surface area (Å²) in [5.41, 5.74) is 4.55. The first kappa shape index (κ1) is 12.9. The normalized spacial score (nSPS) is 10.4. The fraction of sp³-hybridized carbons (Fsp3) is 0.286. The van der Waals surface area contributed by atoms with Crippen molar-refractivity contribution in [2.75, 3.05) is 11.6 Å². The number of rotatable bonds is 3. The Balaban J connectivity index is 2.30. The van der Waals surface area contributed by atoms with Gasteiger partial charge in [0.15, 0.2) is 5.16 Å². The molecular weight excluding hydrogens is 242 g/mol. The van der Waals surface area contributed by atoms with Crippen molar-refractivity contribution in [1.82, 2.24) is 9.97 Å². The molecule has 0 radical (unpaired) electrons. The van der Waals surface area contributed by atoms with Gasteiger partial charge in [-0.25, -0.2) is 9.97 Å². The van der Waals surface area contributed by atoms with Crippen LogP contribution in [0, 0.1) is 20.8 Å². The van der Waals surface area contributed by atoms with Crippen molar-refractivity contribution in [3.8, 4) is 0 Å². The number of nitrogens with one attached hydrogen (secondary N) is 1. The van der Waals surface area contributed by atoms with E-state index in [-0.39, 0.29) is 0 Å². The van der Waals surface area contributed by atoms with Gasteiger partial charge in [0.25, 0.3) is 0 Å². The summed E-state index contributed by atoms with van der Waals surface area (Å²) in [5.74, 6) is 0.846. The minimum Gasteiger partial charge on any atom is -0.340 e. The number of aryl methyl sites for hydroxylation is 3. The Morgan fingerprint density at radius 1 is 1.06 bits per heavy atom. The van der Waals surface area contributed by atoms with Crippen LogP contribution in [0.15, 0.2) is 29.4 Å². The predicted molar refractivity (Wildman–Crippen MR) is 77.7 cm³/mol. The summed E-state index contributed by atoms with van der Waals surface area (Å²) >= 11 is 1.55. The summed E-state index contributed by atoms with van der Waals surface area (Å²) in [4.78, 5) is 8.79. The van der Waals surface area contributed by atoms with Gasteiger partial charge < -0.3 is 5.32 Å². The maximum atomic E-state index is 4.45. The molecule has 0 atom stereocenters. The fourth-order valence-electron chi connectivity index (χ4n) is 1.79. The van der Waals surface area contributed by atoms with Crippen molar-refractivity contribution in [1.29, 1.82) is 0 Å². The lowest BCUT2D eigenvalue weighted by Crippen LogP contribution is -1.99. The smallest absolute Gasteiger partial charge is 0.189 e. The largest absolute Gasteiger partial charge is 0.340 e. The maximum Gasteiger partial charge on any atom is 0.189 e. The molecule has 1 N–H and O–H groups in total. The molecule has 2 rings (SSSR count). The molecule has 0 aliphatic rings. The van der Waals surface area contributed by atoms with Gasteiger partial charge in [0.05, 0.1) is 0 Å². The van der Waals surface area contributed by atoms with Crippen LogP contribution in [-0.4, -0.2) is 16.2 Å². The second-order valence-electron chi connectivity index (χ2n) is 4.32. The van der Waals surface area contributed by atoms with Gasteiger partial charge in [0, 0.05) is 17.4 Å². The minimum absolute atomic E-state index is 0.794. The topological polar surface area (TPSA) is 37.8 Å². The third-order valence-electron chi connectivity index (χ3n) is 2.66. The number of thioether (sulfide) groups is 1. The van der Waals surface area contributed by atoms with Crippen molar-refractivity contribution in [3.05, 3.63) is 41.1 Å². The maximum absolute atomic E-state index is 4.45. The molecule has 0 bridgehead atoms. The zero-order valence-electron chi connectivity index (χ0n) is 11.1. The summed E-state index contributed by atoms with van der Waals surface area (Å²) in [5, 5.41) is 4.14. The van der Waals surface area contributed by atoms with Crippen LogP contribution in [0.1, 0.15) is 16.8 Å². The summed E-state index contributed by atoms with van der Waals surface area (Å²) in [6.07, 6.45) is 1.98. The first-order valence-corrected chi connectivity index (χ1v) is 7.05. The van der Waals surface area contributed by atoms with E-state index in [1.165, 1.54) is 11.1 Å². The van der Waals surface area contributed by atoms with E-state index in [2.05, 4.69) is 47.3 Å². The molecule has 4 heteroatoms. The van der Waals surface area contributed by atoms with Crippen molar-refractivity contribution in [2.45, 2.75) is 25.9 Å².